The van der Waals surface area contributed by atoms with Gasteiger partial charge in [0.2, 0.25) is 0 Å². The number of carbonyl (C=O) groups excluding carboxylic acids is 2. The van der Waals surface area contributed by atoms with Crippen molar-refractivity contribution in [2.75, 3.05) is 6.61 Å². The minimum atomic E-state index is -0.458. The standard InChI is InChI=1S/C25H18BrNO6/c1-2-32-22-13-16(11-20-23(28)18-5-3-4-6-19(18)24(20)29)12-21(26)25(22)33-14-15-7-9-17(10-8-15)27(30)31/h3-13H,2,14H2,1H3. The van der Waals surface area contributed by atoms with Crippen LogP contribution in [0.5, 0.6) is 11.5 Å². The van der Waals surface area contributed by atoms with Gasteiger partial charge in [-0.3, -0.25) is 19.7 Å². The van der Waals surface area contributed by atoms with Crippen molar-refractivity contribution in [3.05, 3.63) is 103 Å². The van der Waals surface area contributed by atoms with Gasteiger partial charge in [0.1, 0.15) is 6.61 Å². The van der Waals surface area contributed by atoms with Crippen molar-refractivity contribution in [2.45, 2.75) is 13.5 Å². The molecule has 0 saturated heterocycles. The largest absolute Gasteiger partial charge is 0.490 e. The number of nitro benzene ring substituents is 1. The van der Waals surface area contributed by atoms with Crippen LogP contribution in [0, 0.1) is 10.1 Å². The summed E-state index contributed by atoms with van der Waals surface area (Å²) in [6, 6.07) is 16.3. The van der Waals surface area contributed by atoms with Gasteiger partial charge in [-0.1, -0.05) is 24.3 Å². The molecule has 3 aromatic rings. The summed E-state index contributed by atoms with van der Waals surface area (Å²) in [5.41, 5.74) is 2.27. The monoisotopic (exact) mass is 507 g/mol. The predicted octanol–water partition coefficient (Wildman–Crippen LogP) is 5.80. The molecule has 0 aromatic heterocycles. The van der Waals surface area contributed by atoms with E-state index in [-0.39, 0.29) is 29.4 Å². The van der Waals surface area contributed by atoms with Crippen LogP contribution in [0.2, 0.25) is 0 Å². The second-order valence-electron chi connectivity index (χ2n) is 7.24. The van der Waals surface area contributed by atoms with Gasteiger partial charge in [-0.15, -0.1) is 0 Å². The minimum absolute atomic E-state index is 0.00508. The Morgan fingerprint density at radius 1 is 0.970 bits per heavy atom. The van der Waals surface area contributed by atoms with Crippen molar-refractivity contribution in [1.82, 2.24) is 0 Å². The molecule has 0 radical (unpaired) electrons. The van der Waals surface area contributed by atoms with Crippen molar-refractivity contribution in [3.63, 3.8) is 0 Å². The number of hydrogen-bond donors (Lipinski definition) is 0. The lowest BCUT2D eigenvalue weighted by Gasteiger charge is -2.15. The van der Waals surface area contributed by atoms with Crippen LogP contribution in [-0.2, 0) is 6.61 Å². The first-order valence-electron chi connectivity index (χ1n) is 10.1. The molecule has 166 valence electrons. The quantitative estimate of drug-likeness (QED) is 0.173. The smallest absolute Gasteiger partial charge is 0.269 e. The van der Waals surface area contributed by atoms with Crippen molar-refractivity contribution in [1.29, 1.82) is 0 Å². The maximum absolute atomic E-state index is 12.7. The molecule has 7 nitrogen and oxygen atoms in total. The zero-order chi connectivity index (χ0) is 23.5. The van der Waals surface area contributed by atoms with Crippen molar-refractivity contribution in [2.24, 2.45) is 0 Å². The van der Waals surface area contributed by atoms with E-state index in [1.807, 2.05) is 6.92 Å². The van der Waals surface area contributed by atoms with Crippen molar-refractivity contribution in [3.8, 4) is 11.5 Å². The number of non-ortho nitro benzene ring substituents is 1. The van der Waals surface area contributed by atoms with E-state index in [4.69, 9.17) is 9.47 Å². The second-order valence-corrected chi connectivity index (χ2v) is 8.09. The number of fused-ring (bicyclic) bond motifs is 1. The first kappa shape index (κ1) is 22.4. The number of nitro groups is 1. The Morgan fingerprint density at radius 3 is 2.18 bits per heavy atom. The van der Waals surface area contributed by atoms with Crippen LogP contribution in [0.25, 0.3) is 6.08 Å². The van der Waals surface area contributed by atoms with Crippen LogP contribution < -0.4 is 9.47 Å². The number of allylic oxidation sites excluding steroid dienone is 1. The summed E-state index contributed by atoms with van der Waals surface area (Å²) in [6.07, 6.45) is 1.55. The van der Waals surface area contributed by atoms with E-state index < -0.39 is 4.92 Å². The van der Waals surface area contributed by atoms with Crippen LogP contribution >= 0.6 is 15.9 Å². The fraction of sp³-hybridized carbons (Fsp3) is 0.120. The molecule has 3 aromatic carbocycles. The fourth-order valence-corrected chi connectivity index (χ4v) is 4.09. The van der Waals surface area contributed by atoms with E-state index in [0.29, 0.717) is 39.3 Å². The summed E-state index contributed by atoms with van der Waals surface area (Å²) in [5, 5.41) is 10.8. The topological polar surface area (TPSA) is 95.7 Å². The Bertz CT molecular complexity index is 1260. The van der Waals surface area contributed by atoms with Gasteiger partial charge < -0.3 is 9.47 Å². The number of halogens is 1. The number of benzene rings is 3. The van der Waals surface area contributed by atoms with Gasteiger partial charge in [-0.25, -0.2) is 0 Å². The molecule has 0 heterocycles. The summed E-state index contributed by atoms with van der Waals surface area (Å²) in [6.45, 7) is 2.38. The molecule has 0 aliphatic heterocycles. The number of Topliss-reactive ketones (excluding diaryl/α,β-unsaturated/α-hetero) is 2. The molecule has 8 heteroatoms. The van der Waals surface area contributed by atoms with Gasteiger partial charge in [-0.2, -0.15) is 0 Å². The Morgan fingerprint density at radius 2 is 1.61 bits per heavy atom. The highest BCUT2D eigenvalue weighted by Crippen LogP contribution is 2.39. The van der Waals surface area contributed by atoms with E-state index in [1.165, 1.54) is 12.1 Å². The summed E-state index contributed by atoms with van der Waals surface area (Å²) < 4.78 is 12.2. The average molecular weight is 508 g/mol. The van der Waals surface area contributed by atoms with Crippen LogP contribution in [0.1, 0.15) is 38.8 Å². The van der Waals surface area contributed by atoms with Crippen LogP contribution in [0.15, 0.2) is 70.7 Å². The molecule has 0 fully saturated rings. The number of nitrogens with zero attached hydrogens (tertiary/aromatic N) is 1. The number of ether oxygens (including phenoxy) is 2. The third-order valence-electron chi connectivity index (χ3n) is 5.08. The maximum Gasteiger partial charge on any atom is 0.269 e. The number of rotatable bonds is 7. The van der Waals surface area contributed by atoms with E-state index in [0.717, 1.165) is 5.56 Å². The van der Waals surface area contributed by atoms with Gasteiger partial charge in [-0.05, 0) is 64.3 Å². The second kappa shape index (κ2) is 9.38. The molecule has 4 rings (SSSR count). The molecule has 33 heavy (non-hydrogen) atoms. The SMILES string of the molecule is CCOc1cc(C=C2C(=O)c3ccccc3C2=O)cc(Br)c1OCc1ccc([N+](=O)[O-])cc1. The average Bonchev–Trinajstić information content (AvgIpc) is 3.04. The summed E-state index contributed by atoms with van der Waals surface area (Å²) in [7, 11) is 0. The lowest BCUT2D eigenvalue weighted by Crippen LogP contribution is -2.02. The summed E-state index contributed by atoms with van der Waals surface area (Å²) in [4.78, 5) is 35.8. The molecular formula is C25H18BrNO6. The molecule has 0 N–H and O–H groups in total. The van der Waals surface area contributed by atoms with Crippen LogP contribution in [0.4, 0.5) is 5.69 Å². The van der Waals surface area contributed by atoms with E-state index >= 15 is 0 Å². The first-order chi connectivity index (χ1) is 15.9. The Balaban J connectivity index is 1.61. The van der Waals surface area contributed by atoms with E-state index in [2.05, 4.69) is 15.9 Å². The first-order valence-corrected chi connectivity index (χ1v) is 10.9. The molecule has 0 atom stereocenters. The third-order valence-corrected chi connectivity index (χ3v) is 5.67. The number of ketones is 2. The molecular weight excluding hydrogens is 490 g/mol. The molecule has 1 aliphatic carbocycles. The van der Waals surface area contributed by atoms with Gasteiger partial charge >= 0.3 is 0 Å². The zero-order valence-corrected chi connectivity index (χ0v) is 19.1. The zero-order valence-electron chi connectivity index (χ0n) is 17.5. The molecule has 1 aliphatic rings. The number of hydrogen-bond acceptors (Lipinski definition) is 6. The third kappa shape index (κ3) is 4.56. The molecule has 0 saturated carbocycles. The maximum atomic E-state index is 12.7. The van der Waals surface area contributed by atoms with E-state index in [1.54, 1.807) is 54.6 Å². The van der Waals surface area contributed by atoms with E-state index in [9.17, 15) is 19.7 Å². The highest BCUT2D eigenvalue weighted by Gasteiger charge is 2.32. The van der Waals surface area contributed by atoms with Gasteiger partial charge in [0.15, 0.2) is 23.1 Å². The van der Waals surface area contributed by atoms with Crippen molar-refractivity contribution >= 4 is 39.3 Å². The van der Waals surface area contributed by atoms with Gasteiger partial charge in [0.25, 0.3) is 5.69 Å². The highest BCUT2D eigenvalue weighted by atomic mass is 79.9. The summed E-state index contributed by atoms with van der Waals surface area (Å²) in [5.74, 6) is 0.284. The summed E-state index contributed by atoms with van der Waals surface area (Å²) >= 11 is 3.49. The molecule has 0 spiro atoms. The fourth-order valence-electron chi connectivity index (χ4n) is 3.51. The van der Waals surface area contributed by atoms with Crippen molar-refractivity contribution < 1.29 is 24.0 Å². The molecule has 0 unspecified atom stereocenters. The normalized spacial score (nSPS) is 12.5. The van der Waals surface area contributed by atoms with Crippen LogP contribution in [-0.4, -0.2) is 23.1 Å². The lowest BCUT2D eigenvalue weighted by atomic mass is 10.1. The number of carbonyl (C=O) groups is 2. The lowest BCUT2D eigenvalue weighted by molar-refractivity contribution is -0.384. The predicted molar refractivity (Wildman–Crippen MR) is 126 cm³/mol. The molecule has 0 bridgehead atoms. The Labute approximate surface area is 197 Å². The highest BCUT2D eigenvalue weighted by molar-refractivity contribution is 9.10. The van der Waals surface area contributed by atoms with Gasteiger partial charge in [0.05, 0.1) is 21.6 Å². The van der Waals surface area contributed by atoms with Crippen LogP contribution in [0.3, 0.4) is 0 Å². The Hall–Kier alpha value is -3.78. The minimum Gasteiger partial charge on any atom is -0.490 e. The molecule has 0 amide bonds. The van der Waals surface area contributed by atoms with Gasteiger partial charge in [0, 0.05) is 23.3 Å². The Kier molecular flexibility index (Phi) is 6.37.